The Kier molecular flexibility index (Phi) is 6.30. The van der Waals surface area contributed by atoms with E-state index in [1.165, 1.54) is 35.3 Å². The average Bonchev–Trinajstić information content (AvgIpc) is 2.80. The van der Waals surface area contributed by atoms with E-state index in [9.17, 15) is 9.59 Å². The van der Waals surface area contributed by atoms with Gasteiger partial charge in [0.25, 0.3) is 5.91 Å². The van der Waals surface area contributed by atoms with E-state index in [4.69, 9.17) is 0 Å². The molecular weight excluding hydrogens is 400 g/mol. The first-order valence-electron chi connectivity index (χ1n) is 11.0. The highest BCUT2D eigenvalue weighted by atomic mass is 16.2. The summed E-state index contributed by atoms with van der Waals surface area (Å²) < 4.78 is 0. The third kappa shape index (κ3) is 4.40. The van der Waals surface area contributed by atoms with Gasteiger partial charge in [0.2, 0.25) is 5.91 Å². The lowest BCUT2D eigenvalue weighted by atomic mass is 9.94. The van der Waals surface area contributed by atoms with Gasteiger partial charge in [0.05, 0.1) is 6.20 Å². The third-order valence-corrected chi connectivity index (χ3v) is 6.06. The second kappa shape index (κ2) is 9.30. The van der Waals surface area contributed by atoms with Gasteiger partial charge >= 0.3 is 0 Å². The first-order valence-corrected chi connectivity index (χ1v) is 11.0. The van der Waals surface area contributed by atoms with Gasteiger partial charge in [-0.2, -0.15) is 0 Å². The Morgan fingerprint density at radius 3 is 2.66 bits per heavy atom. The number of benzene rings is 2. The fraction of sp³-hybridized carbons (Fsp3) is 0.308. The second-order valence-electron chi connectivity index (χ2n) is 8.25. The molecule has 1 aliphatic heterocycles. The summed E-state index contributed by atoms with van der Waals surface area (Å²) in [7, 11) is 0. The molecule has 6 heteroatoms. The lowest BCUT2D eigenvalue weighted by Crippen LogP contribution is -2.59. The van der Waals surface area contributed by atoms with E-state index in [0.29, 0.717) is 26.1 Å². The quantitative estimate of drug-likeness (QED) is 0.622. The van der Waals surface area contributed by atoms with Crippen molar-refractivity contribution < 1.29 is 9.59 Å². The molecule has 1 atom stereocenters. The van der Waals surface area contributed by atoms with Crippen LogP contribution in [0.15, 0.2) is 61.1 Å². The highest BCUT2D eigenvalue weighted by molar-refractivity contribution is 5.96. The van der Waals surface area contributed by atoms with Gasteiger partial charge in [-0.25, -0.2) is 4.98 Å². The van der Waals surface area contributed by atoms with Gasteiger partial charge in [0.1, 0.15) is 11.7 Å². The molecule has 0 N–H and O–H groups in total. The van der Waals surface area contributed by atoms with E-state index in [1.54, 1.807) is 4.90 Å². The lowest BCUT2D eigenvalue weighted by molar-refractivity contribution is -0.139. The van der Waals surface area contributed by atoms with Crippen LogP contribution in [0.5, 0.6) is 0 Å². The van der Waals surface area contributed by atoms with Crippen LogP contribution in [0, 0.1) is 13.8 Å². The van der Waals surface area contributed by atoms with Crippen LogP contribution in [-0.2, 0) is 11.2 Å². The number of piperazine rings is 1. The first-order chi connectivity index (χ1) is 15.5. The van der Waals surface area contributed by atoms with Crippen LogP contribution in [0.4, 0.5) is 0 Å². The minimum absolute atomic E-state index is 0.0205. The number of carbonyl (C=O) groups is 2. The Labute approximate surface area is 188 Å². The SMILES string of the molecule is CCN1CCN(C(=O)c2cnccn2)[C@H](Cc2cccc(-c3ccc(C)cc3C)c2)C1=O. The highest BCUT2D eigenvalue weighted by Crippen LogP contribution is 2.26. The minimum Gasteiger partial charge on any atom is -0.339 e. The van der Waals surface area contributed by atoms with Crippen molar-refractivity contribution in [3.05, 3.63) is 83.4 Å². The molecule has 4 rings (SSSR count). The fourth-order valence-corrected chi connectivity index (χ4v) is 4.38. The maximum atomic E-state index is 13.2. The number of carbonyl (C=O) groups excluding carboxylic acids is 2. The first kappa shape index (κ1) is 21.7. The van der Waals surface area contributed by atoms with Crippen molar-refractivity contribution in [2.45, 2.75) is 33.2 Å². The lowest BCUT2D eigenvalue weighted by Gasteiger charge is -2.40. The molecule has 0 unspecified atom stereocenters. The summed E-state index contributed by atoms with van der Waals surface area (Å²) in [6, 6.07) is 14.1. The zero-order valence-corrected chi connectivity index (χ0v) is 18.8. The molecule has 164 valence electrons. The van der Waals surface area contributed by atoms with Crippen LogP contribution >= 0.6 is 0 Å². The van der Waals surface area contributed by atoms with Gasteiger partial charge < -0.3 is 9.80 Å². The highest BCUT2D eigenvalue weighted by Gasteiger charge is 2.37. The van der Waals surface area contributed by atoms with E-state index in [1.807, 2.05) is 24.0 Å². The number of hydrogen-bond acceptors (Lipinski definition) is 4. The monoisotopic (exact) mass is 428 g/mol. The molecule has 6 nitrogen and oxygen atoms in total. The van der Waals surface area contributed by atoms with Gasteiger partial charge in [-0.05, 0) is 43.0 Å². The Balaban J connectivity index is 1.65. The van der Waals surface area contributed by atoms with Crippen LogP contribution in [-0.4, -0.2) is 57.3 Å². The summed E-state index contributed by atoms with van der Waals surface area (Å²) in [5.74, 6) is -0.273. The van der Waals surface area contributed by atoms with Crippen LogP contribution in [0.3, 0.4) is 0 Å². The minimum atomic E-state index is -0.562. The zero-order chi connectivity index (χ0) is 22.7. The Hall–Kier alpha value is -3.54. The number of rotatable bonds is 5. The maximum Gasteiger partial charge on any atom is 0.274 e. The molecule has 0 saturated carbocycles. The molecule has 1 aromatic heterocycles. The molecule has 2 amide bonds. The van der Waals surface area contributed by atoms with Crippen molar-refractivity contribution in [2.24, 2.45) is 0 Å². The molecule has 0 spiro atoms. The van der Waals surface area contributed by atoms with Crippen LogP contribution < -0.4 is 0 Å². The number of likely N-dealkylation sites (N-methyl/N-ethyl adjacent to an activating group) is 1. The molecule has 3 aromatic rings. The van der Waals surface area contributed by atoms with Gasteiger partial charge in [0, 0.05) is 38.4 Å². The predicted molar refractivity (Wildman–Crippen MR) is 124 cm³/mol. The largest absolute Gasteiger partial charge is 0.339 e. The molecule has 0 radical (unpaired) electrons. The van der Waals surface area contributed by atoms with Crippen molar-refractivity contribution in [2.75, 3.05) is 19.6 Å². The number of nitrogens with zero attached hydrogens (tertiary/aromatic N) is 4. The van der Waals surface area contributed by atoms with Crippen LogP contribution in [0.25, 0.3) is 11.1 Å². The number of aryl methyl sites for hydroxylation is 2. The van der Waals surface area contributed by atoms with Crippen LogP contribution in [0.1, 0.15) is 34.1 Å². The summed E-state index contributed by atoms with van der Waals surface area (Å²) in [6.07, 6.45) is 4.95. The van der Waals surface area contributed by atoms with Gasteiger partial charge in [-0.1, -0.05) is 48.0 Å². The summed E-state index contributed by atoms with van der Waals surface area (Å²) in [5.41, 5.74) is 6.02. The normalized spacial score (nSPS) is 16.3. The maximum absolute atomic E-state index is 13.2. The third-order valence-electron chi connectivity index (χ3n) is 6.06. The van der Waals surface area contributed by atoms with Crippen molar-refractivity contribution in [3.63, 3.8) is 0 Å². The molecule has 0 bridgehead atoms. The molecule has 2 heterocycles. The van der Waals surface area contributed by atoms with Gasteiger partial charge in [0.15, 0.2) is 0 Å². The van der Waals surface area contributed by atoms with E-state index in [2.05, 4.69) is 54.1 Å². The van der Waals surface area contributed by atoms with E-state index >= 15 is 0 Å². The van der Waals surface area contributed by atoms with Crippen molar-refractivity contribution in [3.8, 4) is 11.1 Å². The van der Waals surface area contributed by atoms with Gasteiger partial charge in [-0.3, -0.25) is 14.6 Å². The molecule has 0 aliphatic carbocycles. The Morgan fingerprint density at radius 2 is 1.94 bits per heavy atom. The Bertz CT molecular complexity index is 1130. The zero-order valence-electron chi connectivity index (χ0n) is 18.8. The summed E-state index contributed by atoms with van der Waals surface area (Å²) in [5, 5.41) is 0. The summed E-state index contributed by atoms with van der Waals surface area (Å²) >= 11 is 0. The van der Waals surface area contributed by atoms with E-state index in [0.717, 1.165) is 11.1 Å². The van der Waals surface area contributed by atoms with Gasteiger partial charge in [-0.15, -0.1) is 0 Å². The summed E-state index contributed by atoms with van der Waals surface area (Å²) in [4.78, 5) is 38.0. The van der Waals surface area contributed by atoms with Crippen molar-refractivity contribution in [1.82, 2.24) is 19.8 Å². The number of amides is 2. The van der Waals surface area contributed by atoms with Crippen LogP contribution in [0.2, 0.25) is 0 Å². The molecule has 1 saturated heterocycles. The average molecular weight is 429 g/mol. The topological polar surface area (TPSA) is 66.4 Å². The molecule has 1 fully saturated rings. The van der Waals surface area contributed by atoms with E-state index in [-0.39, 0.29) is 17.5 Å². The summed E-state index contributed by atoms with van der Waals surface area (Å²) in [6.45, 7) is 7.81. The number of aromatic nitrogens is 2. The molecule has 32 heavy (non-hydrogen) atoms. The molecule has 2 aromatic carbocycles. The predicted octanol–water partition coefficient (Wildman–Crippen LogP) is 3.68. The number of hydrogen-bond donors (Lipinski definition) is 0. The molecular formula is C26H28N4O2. The standard InChI is InChI=1S/C26H28N4O2/c1-4-29-12-13-30(25(31)23-17-27-10-11-28-23)24(26(29)32)16-20-6-5-7-21(15-20)22-9-8-18(2)14-19(22)3/h5-11,14-15,17,24H,4,12-13,16H2,1-3H3/t24-/m1/s1. The molecule has 1 aliphatic rings. The second-order valence-corrected chi connectivity index (χ2v) is 8.25. The van der Waals surface area contributed by atoms with Crippen molar-refractivity contribution in [1.29, 1.82) is 0 Å². The smallest absolute Gasteiger partial charge is 0.274 e. The van der Waals surface area contributed by atoms with E-state index < -0.39 is 6.04 Å². The van der Waals surface area contributed by atoms with Crippen molar-refractivity contribution >= 4 is 11.8 Å². The fourth-order valence-electron chi connectivity index (χ4n) is 4.38. The Morgan fingerprint density at radius 1 is 1.09 bits per heavy atom.